The third-order valence-electron chi connectivity index (χ3n) is 3.98. The second-order valence-electron chi connectivity index (χ2n) is 5.89. The predicted molar refractivity (Wildman–Crippen MR) is 106 cm³/mol. The number of para-hydroxylation sites is 1. The van der Waals surface area contributed by atoms with E-state index in [1.807, 2.05) is 0 Å². The maximum atomic E-state index is 12.6. The van der Waals surface area contributed by atoms with Crippen molar-refractivity contribution >= 4 is 27.6 Å². The van der Waals surface area contributed by atoms with E-state index >= 15 is 0 Å². The number of hydrogen-bond donors (Lipinski definition) is 2. The number of ether oxygens (including phenoxy) is 3. The first-order chi connectivity index (χ1) is 13.7. The average molecular weight is 422 g/mol. The highest BCUT2D eigenvalue weighted by molar-refractivity contribution is 7.89. The van der Waals surface area contributed by atoms with Crippen molar-refractivity contribution in [1.82, 2.24) is 4.72 Å². The molecule has 2 aromatic rings. The fourth-order valence-electron chi connectivity index (χ4n) is 2.46. The molecule has 0 aliphatic carbocycles. The Labute approximate surface area is 169 Å². The van der Waals surface area contributed by atoms with Gasteiger partial charge in [-0.15, -0.1) is 0 Å². The average Bonchev–Trinajstić information content (AvgIpc) is 2.72. The van der Waals surface area contributed by atoms with Crippen LogP contribution in [-0.4, -0.2) is 47.7 Å². The molecule has 0 bridgehead atoms. The van der Waals surface area contributed by atoms with E-state index in [2.05, 4.69) is 14.8 Å². The molecule has 29 heavy (non-hydrogen) atoms. The van der Waals surface area contributed by atoms with Crippen LogP contribution in [0.3, 0.4) is 0 Å². The predicted octanol–water partition coefficient (Wildman–Crippen LogP) is 1.80. The summed E-state index contributed by atoms with van der Waals surface area (Å²) in [6.45, 7) is 1.38. The Hall–Kier alpha value is -3.11. The molecule has 0 aliphatic heterocycles. The zero-order chi connectivity index (χ0) is 21.6. The van der Waals surface area contributed by atoms with Gasteiger partial charge in [0.15, 0.2) is 11.5 Å². The lowest BCUT2D eigenvalue weighted by molar-refractivity contribution is -0.117. The fraction of sp³-hybridized carbons (Fsp3) is 0.263. The number of hydrogen-bond acceptors (Lipinski definition) is 7. The van der Waals surface area contributed by atoms with Crippen molar-refractivity contribution < 1.29 is 32.2 Å². The van der Waals surface area contributed by atoms with Crippen molar-refractivity contribution in [3.63, 3.8) is 0 Å². The summed E-state index contributed by atoms with van der Waals surface area (Å²) in [5.41, 5.74) is 0.361. The number of methoxy groups -OCH3 is 3. The summed E-state index contributed by atoms with van der Waals surface area (Å²) in [6.07, 6.45) is 0. The Kier molecular flexibility index (Phi) is 7.18. The van der Waals surface area contributed by atoms with E-state index in [9.17, 15) is 18.0 Å². The van der Waals surface area contributed by atoms with Gasteiger partial charge in [0.05, 0.1) is 43.5 Å². The monoisotopic (exact) mass is 422 g/mol. The van der Waals surface area contributed by atoms with E-state index in [0.717, 1.165) is 0 Å². The van der Waals surface area contributed by atoms with Crippen LogP contribution in [0.2, 0.25) is 0 Å². The molecule has 1 amide bonds. The first-order valence-electron chi connectivity index (χ1n) is 8.46. The number of benzene rings is 2. The third-order valence-corrected chi connectivity index (χ3v) is 5.52. The first kappa shape index (κ1) is 22.2. The van der Waals surface area contributed by atoms with Crippen molar-refractivity contribution in [2.24, 2.45) is 0 Å². The zero-order valence-corrected chi connectivity index (χ0v) is 17.2. The zero-order valence-electron chi connectivity index (χ0n) is 16.4. The highest BCUT2D eigenvalue weighted by Crippen LogP contribution is 2.29. The molecule has 0 heterocycles. The van der Waals surface area contributed by atoms with Crippen LogP contribution in [0.15, 0.2) is 47.4 Å². The van der Waals surface area contributed by atoms with Gasteiger partial charge in [0, 0.05) is 6.07 Å². The van der Waals surface area contributed by atoms with Crippen molar-refractivity contribution in [3.05, 3.63) is 48.0 Å². The maximum absolute atomic E-state index is 12.6. The Morgan fingerprint density at radius 1 is 0.966 bits per heavy atom. The molecule has 0 fully saturated rings. The molecule has 0 aliphatic rings. The Bertz CT molecular complexity index is 1010. The second-order valence-corrected chi connectivity index (χ2v) is 7.60. The van der Waals surface area contributed by atoms with E-state index in [1.54, 1.807) is 12.1 Å². The molecule has 1 atom stereocenters. The second kappa shape index (κ2) is 9.39. The number of nitrogens with one attached hydrogen (secondary N) is 2. The van der Waals surface area contributed by atoms with Crippen LogP contribution in [0, 0.1) is 0 Å². The lowest BCUT2D eigenvalue weighted by Gasteiger charge is -2.16. The summed E-state index contributed by atoms with van der Waals surface area (Å²) in [5, 5.41) is 2.53. The summed E-state index contributed by atoms with van der Waals surface area (Å²) >= 11 is 0. The Morgan fingerprint density at radius 2 is 1.62 bits per heavy atom. The SMILES string of the molecule is COC(=O)c1ccccc1NC(=O)C(C)NS(=O)(=O)c1ccc(OC)c(OC)c1. The van der Waals surface area contributed by atoms with Crippen LogP contribution in [0.25, 0.3) is 0 Å². The topological polar surface area (TPSA) is 120 Å². The van der Waals surface area contributed by atoms with Crippen LogP contribution < -0.4 is 19.5 Å². The molecule has 2 N–H and O–H groups in total. The smallest absolute Gasteiger partial charge is 0.339 e. The largest absolute Gasteiger partial charge is 0.493 e. The maximum Gasteiger partial charge on any atom is 0.339 e. The Morgan fingerprint density at radius 3 is 2.24 bits per heavy atom. The molecular weight excluding hydrogens is 400 g/mol. The van der Waals surface area contributed by atoms with E-state index in [-0.39, 0.29) is 21.9 Å². The van der Waals surface area contributed by atoms with Gasteiger partial charge in [-0.3, -0.25) is 4.79 Å². The van der Waals surface area contributed by atoms with E-state index in [0.29, 0.717) is 5.75 Å². The molecule has 2 aromatic carbocycles. The Balaban J connectivity index is 2.18. The van der Waals surface area contributed by atoms with Gasteiger partial charge in [-0.25, -0.2) is 13.2 Å². The van der Waals surface area contributed by atoms with Gasteiger partial charge in [-0.1, -0.05) is 12.1 Å². The quantitative estimate of drug-likeness (QED) is 0.622. The highest BCUT2D eigenvalue weighted by Gasteiger charge is 2.24. The molecule has 0 saturated carbocycles. The van der Waals surface area contributed by atoms with Crippen molar-refractivity contribution in [2.75, 3.05) is 26.6 Å². The molecule has 0 radical (unpaired) electrons. The highest BCUT2D eigenvalue weighted by atomic mass is 32.2. The van der Waals surface area contributed by atoms with Gasteiger partial charge in [0.1, 0.15) is 0 Å². The van der Waals surface area contributed by atoms with Crippen molar-refractivity contribution in [1.29, 1.82) is 0 Å². The van der Waals surface area contributed by atoms with Gasteiger partial charge in [0.25, 0.3) is 0 Å². The number of esters is 1. The number of carbonyl (C=O) groups is 2. The molecule has 0 spiro atoms. The minimum absolute atomic E-state index is 0.0928. The summed E-state index contributed by atoms with van der Waals surface area (Å²) in [6, 6.07) is 9.19. The van der Waals surface area contributed by atoms with Crippen LogP contribution in [0.4, 0.5) is 5.69 Å². The minimum atomic E-state index is -4.02. The van der Waals surface area contributed by atoms with E-state index in [4.69, 9.17) is 9.47 Å². The molecule has 0 saturated heterocycles. The van der Waals surface area contributed by atoms with Gasteiger partial charge in [-0.2, -0.15) is 4.72 Å². The van der Waals surface area contributed by atoms with Crippen LogP contribution in [0.1, 0.15) is 17.3 Å². The van der Waals surface area contributed by atoms with Crippen molar-refractivity contribution in [2.45, 2.75) is 17.9 Å². The summed E-state index contributed by atoms with van der Waals surface area (Å²) in [5.74, 6) is -0.666. The fourth-order valence-corrected chi connectivity index (χ4v) is 3.68. The summed E-state index contributed by atoms with van der Waals surface area (Å²) < 4.78 is 42.4. The standard InChI is InChI=1S/C19H22N2O7S/c1-12(18(22)20-15-8-6-5-7-14(15)19(23)28-4)21-29(24,25)13-9-10-16(26-2)17(11-13)27-3/h5-12,21H,1-4H3,(H,20,22). The lowest BCUT2D eigenvalue weighted by atomic mass is 10.1. The molecule has 9 nitrogen and oxygen atoms in total. The number of rotatable bonds is 8. The van der Waals surface area contributed by atoms with E-state index < -0.39 is 27.9 Å². The van der Waals surface area contributed by atoms with Crippen LogP contribution in [0.5, 0.6) is 11.5 Å². The summed E-state index contributed by atoms with van der Waals surface area (Å²) in [7, 11) is 0.0183. The normalized spacial score (nSPS) is 12.0. The van der Waals surface area contributed by atoms with Crippen LogP contribution >= 0.6 is 0 Å². The van der Waals surface area contributed by atoms with Gasteiger partial charge >= 0.3 is 5.97 Å². The van der Waals surface area contributed by atoms with Crippen molar-refractivity contribution in [3.8, 4) is 11.5 Å². The van der Waals surface area contributed by atoms with Gasteiger partial charge in [0.2, 0.25) is 15.9 Å². The number of amides is 1. The minimum Gasteiger partial charge on any atom is -0.493 e. The molecular formula is C19H22N2O7S. The van der Waals surface area contributed by atoms with Gasteiger partial charge in [-0.05, 0) is 31.2 Å². The molecule has 10 heteroatoms. The number of sulfonamides is 1. The van der Waals surface area contributed by atoms with Crippen LogP contribution in [-0.2, 0) is 19.6 Å². The molecule has 2 rings (SSSR count). The lowest BCUT2D eigenvalue weighted by Crippen LogP contribution is -2.41. The van der Waals surface area contributed by atoms with E-state index in [1.165, 1.54) is 58.6 Å². The number of anilines is 1. The molecule has 0 aromatic heterocycles. The molecule has 1 unspecified atom stereocenters. The van der Waals surface area contributed by atoms with Gasteiger partial charge < -0.3 is 19.5 Å². The third kappa shape index (κ3) is 5.24. The first-order valence-corrected chi connectivity index (χ1v) is 9.94. The molecule has 156 valence electrons. The summed E-state index contributed by atoms with van der Waals surface area (Å²) in [4.78, 5) is 24.2. The number of carbonyl (C=O) groups excluding carboxylic acids is 2.